The number of fused-ring (bicyclic) bond motifs is 2. The van der Waals surface area contributed by atoms with Gasteiger partial charge in [0.25, 0.3) is 11.8 Å². The highest BCUT2D eigenvalue weighted by Crippen LogP contribution is 2.32. The maximum atomic E-state index is 13.7. The zero-order valence-corrected chi connectivity index (χ0v) is 21.3. The molecule has 2 aliphatic rings. The summed E-state index contributed by atoms with van der Waals surface area (Å²) in [6.45, 7) is 6.15. The average Bonchev–Trinajstić information content (AvgIpc) is 3.29. The number of benzene rings is 1. The van der Waals surface area contributed by atoms with Crippen LogP contribution in [-0.4, -0.2) is 58.4 Å². The van der Waals surface area contributed by atoms with Crippen LogP contribution in [-0.2, 0) is 0 Å². The molecule has 0 saturated heterocycles. The lowest BCUT2D eigenvalue weighted by Gasteiger charge is -2.40. The fourth-order valence-electron chi connectivity index (χ4n) is 5.22. The van der Waals surface area contributed by atoms with Crippen molar-refractivity contribution in [3.63, 3.8) is 0 Å². The Morgan fingerprint density at radius 3 is 2.56 bits per heavy atom. The minimum atomic E-state index is -0.125. The number of hydrogen-bond donors (Lipinski definition) is 0. The van der Waals surface area contributed by atoms with Crippen LogP contribution in [0.3, 0.4) is 0 Å². The molecule has 1 aliphatic carbocycles. The van der Waals surface area contributed by atoms with E-state index in [-0.39, 0.29) is 24.0 Å². The smallest absolute Gasteiger partial charge is 0.266 e. The molecule has 7 heteroatoms. The number of aromatic nitrogens is 1. The molecule has 1 fully saturated rings. The second-order valence-corrected chi connectivity index (χ2v) is 10.3. The van der Waals surface area contributed by atoms with Gasteiger partial charge in [-0.1, -0.05) is 37.8 Å². The lowest BCUT2D eigenvalue weighted by molar-refractivity contribution is 0.0273. The Kier molecular flexibility index (Phi) is 8.59. The molecule has 184 valence electrons. The van der Waals surface area contributed by atoms with E-state index in [0.717, 1.165) is 81.4 Å². The van der Waals surface area contributed by atoms with Gasteiger partial charge in [-0.25, -0.2) is 4.98 Å². The predicted octanol–water partition coefficient (Wildman–Crippen LogP) is 5.71. The SMILES string of the molecule is CCN1CCCCCCCN(C(=O)c2scnc2C)[C@@H]2CCCC[C@@H]2Oc2ccccc2C1=O. The number of aryl methyl sites for hydroxylation is 1. The largest absolute Gasteiger partial charge is 0.487 e. The molecule has 0 bridgehead atoms. The molecule has 2 atom stereocenters. The molecular weight excluding hydrogens is 446 g/mol. The summed E-state index contributed by atoms with van der Waals surface area (Å²) in [6.07, 6.45) is 9.12. The van der Waals surface area contributed by atoms with Crippen molar-refractivity contribution < 1.29 is 14.3 Å². The third-order valence-corrected chi connectivity index (χ3v) is 8.08. The van der Waals surface area contributed by atoms with Crippen LogP contribution >= 0.6 is 11.3 Å². The Balaban J connectivity index is 1.67. The Bertz CT molecular complexity index is 976. The third kappa shape index (κ3) is 5.62. The van der Waals surface area contributed by atoms with E-state index in [1.54, 1.807) is 5.51 Å². The topological polar surface area (TPSA) is 62.7 Å². The van der Waals surface area contributed by atoms with Gasteiger partial charge in [0.15, 0.2) is 0 Å². The van der Waals surface area contributed by atoms with Crippen LogP contribution < -0.4 is 4.74 Å². The molecule has 0 spiro atoms. The van der Waals surface area contributed by atoms with E-state index in [1.165, 1.54) is 11.3 Å². The maximum absolute atomic E-state index is 13.7. The first kappa shape index (κ1) is 24.7. The molecule has 2 amide bonds. The van der Waals surface area contributed by atoms with Crippen molar-refractivity contribution in [1.29, 1.82) is 0 Å². The third-order valence-electron chi connectivity index (χ3n) is 7.16. The standard InChI is InChI=1S/C27H37N3O3S/c1-3-29-17-11-5-4-6-12-18-30(27(32)25-20(2)28-19-34-25)22-14-8-10-16-24(22)33-23-15-9-7-13-21(23)26(29)31/h7,9,13,15,19,22,24H,3-6,8,10-12,14,16-18H2,1-2H3/t22-,24+/m1/s1. The van der Waals surface area contributed by atoms with Crippen LogP contribution in [0.15, 0.2) is 29.8 Å². The minimum absolute atomic E-state index is 0.00156. The van der Waals surface area contributed by atoms with E-state index >= 15 is 0 Å². The van der Waals surface area contributed by atoms with Gasteiger partial charge in [-0.3, -0.25) is 9.59 Å². The number of rotatable bonds is 2. The van der Waals surface area contributed by atoms with E-state index in [4.69, 9.17) is 4.74 Å². The Morgan fingerprint density at radius 1 is 1.06 bits per heavy atom. The van der Waals surface area contributed by atoms with Gasteiger partial charge in [0.1, 0.15) is 16.7 Å². The van der Waals surface area contributed by atoms with Crippen molar-refractivity contribution in [1.82, 2.24) is 14.8 Å². The molecule has 1 aromatic heterocycles. The Labute approximate surface area is 207 Å². The molecule has 0 unspecified atom stereocenters. The van der Waals surface area contributed by atoms with Crippen molar-refractivity contribution in [2.75, 3.05) is 19.6 Å². The molecule has 0 N–H and O–H groups in total. The zero-order valence-electron chi connectivity index (χ0n) is 20.5. The molecule has 6 nitrogen and oxygen atoms in total. The number of ether oxygens (including phenoxy) is 1. The number of nitrogens with zero attached hydrogens (tertiary/aromatic N) is 3. The maximum Gasteiger partial charge on any atom is 0.266 e. The van der Waals surface area contributed by atoms with Crippen LogP contribution in [0.25, 0.3) is 0 Å². The average molecular weight is 484 g/mol. The monoisotopic (exact) mass is 483 g/mol. The normalized spacial score (nSPS) is 22.7. The number of thiazole rings is 1. The number of carbonyl (C=O) groups excluding carboxylic acids is 2. The summed E-state index contributed by atoms with van der Waals surface area (Å²) < 4.78 is 6.61. The number of hydrogen-bond acceptors (Lipinski definition) is 5. The van der Waals surface area contributed by atoms with Gasteiger partial charge in [0, 0.05) is 19.6 Å². The second kappa shape index (κ2) is 11.8. The fraction of sp³-hybridized carbons (Fsp3) is 0.593. The van der Waals surface area contributed by atoms with Gasteiger partial charge in [0.2, 0.25) is 0 Å². The summed E-state index contributed by atoms with van der Waals surface area (Å²) in [5.74, 6) is 0.749. The van der Waals surface area contributed by atoms with E-state index in [2.05, 4.69) is 9.88 Å². The lowest BCUT2D eigenvalue weighted by atomic mass is 9.90. The quantitative estimate of drug-likeness (QED) is 0.549. The molecule has 2 aromatic rings. The molecule has 2 heterocycles. The van der Waals surface area contributed by atoms with Crippen molar-refractivity contribution in [3.8, 4) is 5.75 Å². The van der Waals surface area contributed by atoms with Gasteiger partial charge in [0.05, 0.1) is 22.8 Å². The summed E-state index contributed by atoms with van der Waals surface area (Å²) in [5.41, 5.74) is 3.18. The number of para-hydroxylation sites is 1. The summed E-state index contributed by atoms with van der Waals surface area (Å²) in [5, 5.41) is 0. The first-order valence-electron chi connectivity index (χ1n) is 12.9. The molecular formula is C27H37N3O3S. The fourth-order valence-corrected chi connectivity index (χ4v) is 5.98. The Hall–Kier alpha value is -2.41. The van der Waals surface area contributed by atoms with E-state index in [9.17, 15) is 9.59 Å². The van der Waals surface area contributed by atoms with Crippen molar-refractivity contribution >= 4 is 23.2 Å². The van der Waals surface area contributed by atoms with E-state index < -0.39 is 0 Å². The Morgan fingerprint density at radius 2 is 1.79 bits per heavy atom. The van der Waals surface area contributed by atoms with Gasteiger partial charge in [-0.05, 0) is 58.1 Å². The van der Waals surface area contributed by atoms with Gasteiger partial charge < -0.3 is 14.5 Å². The molecule has 0 radical (unpaired) electrons. The second-order valence-electron chi connectivity index (χ2n) is 9.42. The molecule has 34 heavy (non-hydrogen) atoms. The highest BCUT2D eigenvalue weighted by molar-refractivity contribution is 7.11. The van der Waals surface area contributed by atoms with Crippen molar-refractivity contribution in [2.24, 2.45) is 0 Å². The first-order chi connectivity index (χ1) is 16.6. The minimum Gasteiger partial charge on any atom is -0.487 e. The van der Waals surface area contributed by atoms with Crippen molar-refractivity contribution in [2.45, 2.75) is 83.8 Å². The van der Waals surface area contributed by atoms with Crippen LogP contribution in [0.4, 0.5) is 0 Å². The molecule has 1 saturated carbocycles. The van der Waals surface area contributed by atoms with Crippen LogP contribution in [0, 0.1) is 6.92 Å². The van der Waals surface area contributed by atoms with Crippen molar-refractivity contribution in [3.05, 3.63) is 45.9 Å². The van der Waals surface area contributed by atoms with Crippen LogP contribution in [0.5, 0.6) is 5.75 Å². The van der Waals surface area contributed by atoms with Gasteiger partial charge >= 0.3 is 0 Å². The lowest BCUT2D eigenvalue weighted by Crippen LogP contribution is -2.51. The molecule has 1 aromatic carbocycles. The summed E-state index contributed by atoms with van der Waals surface area (Å²) in [6, 6.07) is 7.61. The van der Waals surface area contributed by atoms with Crippen LogP contribution in [0.2, 0.25) is 0 Å². The number of carbonyl (C=O) groups is 2. The summed E-state index contributed by atoms with van der Waals surface area (Å²) >= 11 is 1.43. The zero-order chi connectivity index (χ0) is 23.9. The van der Waals surface area contributed by atoms with E-state index in [0.29, 0.717) is 17.9 Å². The molecule has 1 aliphatic heterocycles. The van der Waals surface area contributed by atoms with Gasteiger partial charge in [-0.2, -0.15) is 0 Å². The summed E-state index contributed by atoms with van der Waals surface area (Å²) in [7, 11) is 0. The van der Waals surface area contributed by atoms with Gasteiger partial charge in [-0.15, -0.1) is 11.3 Å². The highest BCUT2D eigenvalue weighted by Gasteiger charge is 2.36. The molecule has 4 rings (SSSR count). The predicted molar refractivity (Wildman–Crippen MR) is 136 cm³/mol. The first-order valence-corrected chi connectivity index (χ1v) is 13.7. The van der Waals surface area contributed by atoms with E-state index in [1.807, 2.05) is 43.0 Å². The number of amides is 2. The summed E-state index contributed by atoms with van der Waals surface area (Å²) in [4.78, 5) is 36.1. The van der Waals surface area contributed by atoms with Crippen LogP contribution in [0.1, 0.15) is 90.4 Å². The highest BCUT2D eigenvalue weighted by atomic mass is 32.1.